The number of thioether (sulfide) groups is 1. The first kappa shape index (κ1) is 22.4. The number of hydrogen-bond acceptors (Lipinski definition) is 6. The molecular formula is C21H23ClFN3O3S. The molecule has 30 heavy (non-hydrogen) atoms. The van der Waals surface area contributed by atoms with Crippen LogP contribution in [0.4, 0.5) is 4.39 Å². The minimum Gasteiger partial charge on any atom is -0.493 e. The van der Waals surface area contributed by atoms with Crippen molar-refractivity contribution in [3.05, 3.63) is 52.8 Å². The van der Waals surface area contributed by atoms with Crippen molar-refractivity contribution in [2.24, 2.45) is 0 Å². The van der Waals surface area contributed by atoms with Crippen LogP contribution in [0.1, 0.15) is 12.0 Å². The van der Waals surface area contributed by atoms with Crippen LogP contribution in [0.3, 0.4) is 0 Å². The maximum absolute atomic E-state index is 14.1. The number of benzene rings is 2. The molecule has 0 aliphatic carbocycles. The van der Waals surface area contributed by atoms with E-state index in [4.69, 9.17) is 25.8 Å². The molecule has 1 aromatic heterocycles. The number of hydrogen-bond donors (Lipinski definition) is 0. The Morgan fingerprint density at radius 3 is 2.57 bits per heavy atom. The van der Waals surface area contributed by atoms with Gasteiger partial charge in [-0.1, -0.05) is 29.4 Å². The molecule has 0 amide bonds. The van der Waals surface area contributed by atoms with Gasteiger partial charge in [-0.15, -0.1) is 10.2 Å². The number of rotatable bonds is 10. The van der Waals surface area contributed by atoms with Crippen molar-refractivity contribution in [1.82, 2.24) is 14.8 Å². The molecule has 0 aliphatic rings. The molecule has 9 heteroatoms. The van der Waals surface area contributed by atoms with Crippen LogP contribution in [0.5, 0.6) is 11.5 Å². The van der Waals surface area contributed by atoms with E-state index in [1.165, 1.54) is 17.8 Å². The highest BCUT2D eigenvalue weighted by molar-refractivity contribution is 7.98. The summed E-state index contributed by atoms with van der Waals surface area (Å²) in [6, 6.07) is 10.3. The summed E-state index contributed by atoms with van der Waals surface area (Å²) in [4.78, 5) is 0. The van der Waals surface area contributed by atoms with E-state index in [9.17, 15) is 4.39 Å². The molecule has 6 nitrogen and oxygen atoms in total. The molecule has 0 spiro atoms. The molecule has 0 atom stereocenters. The fourth-order valence-corrected chi connectivity index (χ4v) is 4.27. The van der Waals surface area contributed by atoms with Gasteiger partial charge in [-0.3, -0.25) is 0 Å². The molecule has 0 saturated heterocycles. The van der Waals surface area contributed by atoms with Crippen molar-refractivity contribution < 1.29 is 18.6 Å². The van der Waals surface area contributed by atoms with E-state index in [2.05, 4.69) is 10.2 Å². The lowest BCUT2D eigenvalue weighted by Crippen LogP contribution is -2.05. The number of methoxy groups -OCH3 is 3. The number of halogens is 2. The molecule has 0 N–H and O–H groups in total. The molecule has 0 radical (unpaired) electrons. The van der Waals surface area contributed by atoms with Crippen LogP contribution in [0.2, 0.25) is 5.02 Å². The molecule has 0 saturated carbocycles. The minimum absolute atomic E-state index is 0.333. The zero-order valence-corrected chi connectivity index (χ0v) is 18.6. The molecule has 3 aromatic rings. The zero-order chi connectivity index (χ0) is 21.5. The first-order valence-corrected chi connectivity index (χ1v) is 10.7. The zero-order valence-electron chi connectivity index (χ0n) is 17.0. The van der Waals surface area contributed by atoms with Crippen molar-refractivity contribution in [2.45, 2.75) is 23.9 Å². The van der Waals surface area contributed by atoms with Crippen LogP contribution >= 0.6 is 23.4 Å². The molecule has 1 heterocycles. The third-order valence-electron chi connectivity index (χ3n) is 4.50. The Bertz CT molecular complexity index is 979. The monoisotopic (exact) mass is 451 g/mol. The van der Waals surface area contributed by atoms with Crippen molar-refractivity contribution in [1.29, 1.82) is 0 Å². The average molecular weight is 452 g/mol. The third-order valence-corrected chi connectivity index (χ3v) is 5.84. The fourth-order valence-electron chi connectivity index (χ4n) is 2.96. The second-order valence-electron chi connectivity index (χ2n) is 6.36. The van der Waals surface area contributed by atoms with Crippen LogP contribution < -0.4 is 9.47 Å². The smallest absolute Gasteiger partial charge is 0.191 e. The van der Waals surface area contributed by atoms with E-state index in [1.54, 1.807) is 33.5 Å². The van der Waals surface area contributed by atoms with E-state index >= 15 is 0 Å². The Morgan fingerprint density at radius 1 is 1.07 bits per heavy atom. The Labute approximate surface area is 184 Å². The molecule has 0 bridgehead atoms. The van der Waals surface area contributed by atoms with Gasteiger partial charge in [0, 0.05) is 42.2 Å². The third kappa shape index (κ3) is 5.06. The lowest BCUT2D eigenvalue weighted by atomic mass is 10.2. The van der Waals surface area contributed by atoms with Gasteiger partial charge in [0.25, 0.3) is 0 Å². The van der Waals surface area contributed by atoms with E-state index in [1.807, 2.05) is 22.8 Å². The highest BCUT2D eigenvalue weighted by atomic mass is 35.5. The van der Waals surface area contributed by atoms with Gasteiger partial charge >= 0.3 is 0 Å². The summed E-state index contributed by atoms with van der Waals surface area (Å²) in [5.74, 6) is 1.94. The average Bonchev–Trinajstić information content (AvgIpc) is 3.15. The quantitative estimate of drug-likeness (QED) is 0.316. The van der Waals surface area contributed by atoms with Crippen molar-refractivity contribution >= 4 is 23.4 Å². The molecule has 160 valence electrons. The van der Waals surface area contributed by atoms with Crippen LogP contribution in [-0.4, -0.2) is 42.7 Å². The van der Waals surface area contributed by atoms with Gasteiger partial charge in [-0.05, 0) is 36.8 Å². The highest BCUT2D eigenvalue weighted by Crippen LogP contribution is 2.34. The van der Waals surface area contributed by atoms with Crippen LogP contribution in [0.25, 0.3) is 11.4 Å². The minimum atomic E-state index is -0.333. The molecule has 0 fully saturated rings. The first-order chi connectivity index (χ1) is 14.6. The topological polar surface area (TPSA) is 58.4 Å². The fraction of sp³-hybridized carbons (Fsp3) is 0.333. The summed E-state index contributed by atoms with van der Waals surface area (Å²) < 4.78 is 32.1. The van der Waals surface area contributed by atoms with Crippen LogP contribution in [-0.2, 0) is 17.0 Å². The van der Waals surface area contributed by atoms with Crippen molar-refractivity contribution in [3.8, 4) is 22.9 Å². The number of nitrogens with zero attached hydrogens (tertiary/aromatic N) is 3. The molecule has 2 aromatic carbocycles. The van der Waals surface area contributed by atoms with Gasteiger partial charge in [-0.25, -0.2) is 4.39 Å². The van der Waals surface area contributed by atoms with Crippen molar-refractivity contribution in [2.75, 3.05) is 27.9 Å². The molecule has 0 unspecified atom stereocenters. The summed E-state index contributed by atoms with van der Waals surface area (Å²) in [5.41, 5.74) is 1.29. The molecule has 0 aliphatic heterocycles. The van der Waals surface area contributed by atoms with Gasteiger partial charge in [0.2, 0.25) is 0 Å². The SMILES string of the molecule is COCCCn1c(SCc2c(F)cccc2Cl)nnc1-c1ccc(OC)c(OC)c1. The number of ether oxygens (including phenoxy) is 3. The maximum atomic E-state index is 14.1. The van der Waals surface area contributed by atoms with Gasteiger partial charge in [0.15, 0.2) is 22.5 Å². The van der Waals surface area contributed by atoms with Gasteiger partial charge < -0.3 is 18.8 Å². The standard InChI is InChI=1S/C21H23ClFN3O3S/c1-27-11-5-10-26-20(14-8-9-18(28-2)19(12-14)29-3)24-25-21(26)30-13-15-16(22)6-4-7-17(15)23/h4,6-9,12H,5,10-11,13H2,1-3H3. The van der Waals surface area contributed by atoms with E-state index < -0.39 is 0 Å². The van der Waals surface area contributed by atoms with Gasteiger partial charge in [0.1, 0.15) is 5.82 Å². The lowest BCUT2D eigenvalue weighted by Gasteiger charge is -2.12. The van der Waals surface area contributed by atoms with E-state index in [0.717, 1.165) is 12.0 Å². The number of aromatic nitrogens is 3. The summed E-state index contributed by atoms with van der Waals surface area (Å²) in [6.07, 6.45) is 0.781. The van der Waals surface area contributed by atoms with Crippen molar-refractivity contribution in [3.63, 3.8) is 0 Å². The Kier molecular flexibility index (Phi) is 7.95. The van der Waals surface area contributed by atoms with E-state index in [0.29, 0.717) is 52.0 Å². The highest BCUT2D eigenvalue weighted by Gasteiger charge is 2.17. The lowest BCUT2D eigenvalue weighted by molar-refractivity contribution is 0.189. The largest absolute Gasteiger partial charge is 0.493 e. The second kappa shape index (κ2) is 10.7. The van der Waals surface area contributed by atoms with E-state index in [-0.39, 0.29) is 5.82 Å². The Balaban J connectivity index is 1.92. The summed E-state index contributed by atoms with van der Waals surface area (Å²) in [7, 11) is 4.84. The summed E-state index contributed by atoms with van der Waals surface area (Å²) in [5, 5.41) is 9.80. The van der Waals surface area contributed by atoms with Gasteiger partial charge in [0.05, 0.1) is 14.2 Å². The predicted octanol–water partition coefficient (Wildman–Crippen LogP) is 5.08. The normalized spacial score (nSPS) is 11.0. The van der Waals surface area contributed by atoms with Crippen LogP contribution in [0.15, 0.2) is 41.6 Å². The maximum Gasteiger partial charge on any atom is 0.191 e. The Hall–Kier alpha value is -2.29. The first-order valence-electron chi connectivity index (χ1n) is 9.29. The predicted molar refractivity (Wildman–Crippen MR) is 116 cm³/mol. The van der Waals surface area contributed by atoms with Gasteiger partial charge in [-0.2, -0.15) is 0 Å². The molecular weight excluding hydrogens is 429 g/mol. The summed E-state index contributed by atoms with van der Waals surface area (Å²) >= 11 is 7.55. The van der Waals surface area contributed by atoms with Crippen LogP contribution in [0, 0.1) is 5.82 Å². The summed E-state index contributed by atoms with van der Waals surface area (Å²) in [6.45, 7) is 1.25. The molecule has 3 rings (SSSR count). The Morgan fingerprint density at radius 2 is 1.87 bits per heavy atom. The second-order valence-corrected chi connectivity index (χ2v) is 7.71.